The third-order valence-electron chi connectivity index (χ3n) is 1.11. The maximum absolute atomic E-state index is 5.07. The number of hydrogen-bond acceptors (Lipinski definition) is 4. The van der Waals surface area contributed by atoms with E-state index in [0.717, 1.165) is 4.88 Å². The predicted molar refractivity (Wildman–Crippen MR) is 41.8 cm³/mol. The summed E-state index contributed by atoms with van der Waals surface area (Å²) in [6, 6.07) is 3.77. The smallest absolute Gasteiger partial charge is 0.238 e. The van der Waals surface area contributed by atoms with E-state index in [9.17, 15) is 0 Å². The Kier molecular flexibility index (Phi) is 1.28. The van der Waals surface area contributed by atoms with Crippen molar-refractivity contribution in [3.05, 3.63) is 22.4 Å². The highest BCUT2D eigenvalue weighted by Crippen LogP contribution is 2.24. The summed E-state index contributed by atoms with van der Waals surface area (Å²) in [6.07, 6.45) is 1.59. The Morgan fingerprint density at radius 2 is 2.50 bits per heavy atom. The summed E-state index contributed by atoms with van der Waals surface area (Å²) in [4.78, 5) is 4.99. The Bertz CT molecular complexity index is 331. The molecule has 0 aliphatic carbocycles. The second-order valence-corrected chi connectivity index (χ2v) is 3.44. The summed E-state index contributed by atoms with van der Waals surface area (Å²) in [5.74, 6) is 0.637. The van der Waals surface area contributed by atoms with E-state index >= 15 is 0 Å². The lowest BCUT2D eigenvalue weighted by molar-refractivity contribution is 0.551. The highest BCUT2D eigenvalue weighted by molar-refractivity contribution is 7.73. The van der Waals surface area contributed by atoms with Gasteiger partial charge in [0.25, 0.3) is 0 Å². The molecule has 0 saturated heterocycles. The molecule has 0 radical (unpaired) electrons. The topological polar surface area (TPSA) is 26.0 Å². The minimum absolute atomic E-state index is 0.630. The zero-order valence-electron chi connectivity index (χ0n) is 4.90. The Morgan fingerprint density at radius 1 is 1.60 bits per heavy atom. The molecule has 0 atom stereocenters. The van der Waals surface area contributed by atoms with Crippen molar-refractivity contribution in [1.82, 2.24) is 4.98 Å². The van der Waals surface area contributed by atoms with Gasteiger partial charge in [0.15, 0.2) is 3.95 Å². The fourth-order valence-electron chi connectivity index (χ4n) is 0.719. The monoisotopic (exact) mass is 169 g/mol. The van der Waals surface area contributed by atoms with Gasteiger partial charge in [0.1, 0.15) is 0 Å². The van der Waals surface area contributed by atoms with Crippen LogP contribution in [0.1, 0.15) is 0 Å². The van der Waals surface area contributed by atoms with E-state index in [0.29, 0.717) is 9.85 Å². The SMILES string of the molecule is S=c1nc2occcc-2s1. The number of rotatable bonds is 0. The van der Waals surface area contributed by atoms with Crippen molar-refractivity contribution in [1.29, 1.82) is 0 Å². The van der Waals surface area contributed by atoms with Gasteiger partial charge in [-0.25, -0.2) is 0 Å². The first-order chi connectivity index (χ1) is 4.86. The number of aromatic nitrogens is 1. The minimum atomic E-state index is 0.630. The predicted octanol–water partition coefficient (Wildman–Crippen LogP) is 2.57. The van der Waals surface area contributed by atoms with Crippen molar-refractivity contribution < 1.29 is 4.42 Å². The van der Waals surface area contributed by atoms with Gasteiger partial charge in [0.2, 0.25) is 5.89 Å². The van der Waals surface area contributed by atoms with Crippen LogP contribution in [0.25, 0.3) is 10.8 Å². The van der Waals surface area contributed by atoms with Crippen LogP contribution in [0.3, 0.4) is 0 Å². The van der Waals surface area contributed by atoms with Gasteiger partial charge in [0.05, 0.1) is 11.1 Å². The maximum atomic E-state index is 5.07. The lowest BCUT2D eigenvalue weighted by atomic mass is 10.4. The van der Waals surface area contributed by atoms with Gasteiger partial charge in [0, 0.05) is 0 Å². The van der Waals surface area contributed by atoms with Crippen LogP contribution < -0.4 is 0 Å². The van der Waals surface area contributed by atoms with Crippen LogP contribution >= 0.6 is 23.6 Å². The molecule has 0 bridgehead atoms. The van der Waals surface area contributed by atoms with Crippen molar-refractivity contribution in [2.75, 3.05) is 0 Å². The molecule has 0 spiro atoms. The first kappa shape index (κ1) is 6.00. The Balaban J connectivity index is 2.88. The summed E-state index contributed by atoms with van der Waals surface area (Å²) in [6.45, 7) is 0. The number of nitrogens with zero attached hydrogens (tertiary/aromatic N) is 1. The minimum Gasteiger partial charge on any atom is -0.445 e. The molecule has 2 aliphatic heterocycles. The first-order valence-corrected chi connectivity index (χ1v) is 3.93. The normalized spacial score (nSPS) is 10.4. The van der Waals surface area contributed by atoms with Crippen molar-refractivity contribution >= 4 is 23.6 Å². The molecule has 0 aromatic carbocycles. The maximum Gasteiger partial charge on any atom is 0.238 e. The Hall–Kier alpha value is -0.740. The van der Waals surface area contributed by atoms with E-state index in [1.54, 1.807) is 6.26 Å². The van der Waals surface area contributed by atoms with Crippen LogP contribution in [0, 0.1) is 3.95 Å². The molecule has 0 N–H and O–H groups in total. The second kappa shape index (κ2) is 2.14. The summed E-state index contributed by atoms with van der Waals surface area (Å²) < 4.78 is 5.69. The lowest BCUT2D eigenvalue weighted by Crippen LogP contribution is -1.70. The van der Waals surface area contributed by atoms with E-state index in [1.807, 2.05) is 12.1 Å². The van der Waals surface area contributed by atoms with E-state index < -0.39 is 0 Å². The van der Waals surface area contributed by atoms with Crippen molar-refractivity contribution in [3.63, 3.8) is 0 Å². The number of fused-ring (bicyclic) bond motifs is 1. The summed E-state index contributed by atoms with van der Waals surface area (Å²) in [7, 11) is 0. The summed E-state index contributed by atoms with van der Waals surface area (Å²) in [5.41, 5.74) is 0. The number of hydrogen-bond donors (Lipinski definition) is 0. The molecule has 0 fully saturated rings. The van der Waals surface area contributed by atoms with Crippen LogP contribution in [0.15, 0.2) is 22.8 Å². The molecule has 0 unspecified atom stereocenters. The zero-order valence-corrected chi connectivity index (χ0v) is 6.54. The molecule has 0 aromatic rings. The second-order valence-electron chi connectivity index (χ2n) is 1.76. The van der Waals surface area contributed by atoms with E-state index in [4.69, 9.17) is 16.6 Å². The molecule has 0 aromatic heterocycles. The van der Waals surface area contributed by atoms with Gasteiger partial charge in [-0.1, -0.05) is 11.3 Å². The Morgan fingerprint density at radius 3 is 3.30 bits per heavy atom. The van der Waals surface area contributed by atoms with Gasteiger partial charge in [-0.3, -0.25) is 0 Å². The molecule has 4 heteroatoms. The molecule has 10 heavy (non-hydrogen) atoms. The van der Waals surface area contributed by atoms with Crippen molar-refractivity contribution in [2.24, 2.45) is 0 Å². The Labute approximate surface area is 66.5 Å². The van der Waals surface area contributed by atoms with E-state index in [1.165, 1.54) is 11.3 Å². The van der Waals surface area contributed by atoms with Crippen molar-refractivity contribution in [2.45, 2.75) is 0 Å². The molecule has 2 heterocycles. The van der Waals surface area contributed by atoms with Gasteiger partial charge in [-0.05, 0) is 24.4 Å². The molecule has 2 rings (SSSR count). The van der Waals surface area contributed by atoms with E-state index in [2.05, 4.69) is 4.98 Å². The summed E-state index contributed by atoms with van der Waals surface area (Å²) in [5, 5.41) is 0. The van der Waals surface area contributed by atoms with Crippen LogP contribution in [0.2, 0.25) is 0 Å². The standard InChI is InChI=1S/C6H3NOS2/c9-6-7-5-4(10-6)2-1-3-8-5/h1-3H. The fraction of sp³-hybridized carbons (Fsp3) is 0. The van der Waals surface area contributed by atoms with Crippen LogP contribution in [-0.4, -0.2) is 4.98 Å². The highest BCUT2D eigenvalue weighted by atomic mass is 32.1. The highest BCUT2D eigenvalue weighted by Gasteiger charge is 2.05. The first-order valence-electron chi connectivity index (χ1n) is 2.70. The van der Waals surface area contributed by atoms with Gasteiger partial charge >= 0.3 is 0 Å². The van der Waals surface area contributed by atoms with Gasteiger partial charge in [-0.2, -0.15) is 4.98 Å². The average molecular weight is 169 g/mol. The molecule has 2 aliphatic rings. The molecular formula is C6H3NOS2. The fourth-order valence-corrected chi connectivity index (χ4v) is 1.72. The van der Waals surface area contributed by atoms with Gasteiger partial charge < -0.3 is 4.42 Å². The molecule has 0 amide bonds. The van der Waals surface area contributed by atoms with E-state index in [-0.39, 0.29) is 0 Å². The molecule has 50 valence electrons. The third-order valence-corrected chi connectivity index (χ3v) is 2.24. The van der Waals surface area contributed by atoms with Crippen LogP contribution in [0.4, 0.5) is 0 Å². The molecule has 2 nitrogen and oxygen atoms in total. The molecule has 0 saturated carbocycles. The molecular weight excluding hydrogens is 166 g/mol. The zero-order chi connectivity index (χ0) is 6.97. The van der Waals surface area contributed by atoms with Crippen molar-refractivity contribution in [3.8, 4) is 10.8 Å². The lowest BCUT2D eigenvalue weighted by Gasteiger charge is -1.88. The van der Waals surface area contributed by atoms with Crippen LogP contribution in [0.5, 0.6) is 0 Å². The number of thiazole rings is 1. The largest absolute Gasteiger partial charge is 0.445 e. The quantitative estimate of drug-likeness (QED) is 0.567. The summed E-state index contributed by atoms with van der Waals surface area (Å²) >= 11 is 6.32. The van der Waals surface area contributed by atoms with Crippen LogP contribution in [-0.2, 0) is 0 Å². The van der Waals surface area contributed by atoms with Gasteiger partial charge in [-0.15, -0.1) is 0 Å². The third kappa shape index (κ3) is 0.853. The average Bonchev–Trinajstić information content (AvgIpc) is 2.27.